The maximum absolute atomic E-state index is 12.5. The molecule has 4 nitrogen and oxygen atoms in total. The quantitative estimate of drug-likeness (QED) is 0.897. The van der Waals surface area contributed by atoms with E-state index in [0.29, 0.717) is 5.92 Å². The van der Waals surface area contributed by atoms with E-state index in [9.17, 15) is 4.79 Å². The Hall–Kier alpha value is -1.55. The second-order valence-corrected chi connectivity index (χ2v) is 6.30. The van der Waals surface area contributed by atoms with Crippen molar-refractivity contribution in [2.75, 3.05) is 36.4 Å². The van der Waals surface area contributed by atoms with Crippen molar-refractivity contribution in [3.8, 4) is 0 Å². The first kappa shape index (κ1) is 14.4. The number of piperidine rings is 1. The molecular formula is C17H25N3O. The van der Waals surface area contributed by atoms with Crippen LogP contribution in [0.15, 0.2) is 24.3 Å². The molecule has 0 aliphatic carbocycles. The summed E-state index contributed by atoms with van der Waals surface area (Å²) < 4.78 is 0. The van der Waals surface area contributed by atoms with Gasteiger partial charge >= 0.3 is 0 Å². The molecule has 2 atom stereocenters. The number of rotatable bonds is 3. The van der Waals surface area contributed by atoms with Crippen molar-refractivity contribution in [1.82, 2.24) is 5.32 Å². The van der Waals surface area contributed by atoms with Gasteiger partial charge in [0.25, 0.3) is 0 Å². The fourth-order valence-electron chi connectivity index (χ4n) is 3.38. The van der Waals surface area contributed by atoms with Crippen molar-refractivity contribution in [2.24, 2.45) is 11.8 Å². The topological polar surface area (TPSA) is 44.4 Å². The highest BCUT2D eigenvalue weighted by Gasteiger charge is 2.30. The van der Waals surface area contributed by atoms with Gasteiger partial charge in [-0.25, -0.2) is 0 Å². The number of carbonyl (C=O) groups excluding carboxylic acids is 1. The minimum absolute atomic E-state index is 0.0828. The summed E-state index contributed by atoms with van der Waals surface area (Å²) >= 11 is 0. The van der Waals surface area contributed by atoms with E-state index in [1.807, 2.05) is 12.1 Å². The molecule has 2 aliphatic rings. The maximum Gasteiger partial charge on any atom is 0.229 e. The van der Waals surface area contributed by atoms with Crippen molar-refractivity contribution < 1.29 is 4.79 Å². The lowest BCUT2D eigenvalue weighted by Gasteiger charge is -2.30. The summed E-state index contributed by atoms with van der Waals surface area (Å²) in [7, 11) is 0. The first-order chi connectivity index (χ1) is 10.3. The molecule has 2 N–H and O–H groups in total. The predicted molar refractivity (Wildman–Crippen MR) is 86.7 cm³/mol. The van der Waals surface area contributed by atoms with Gasteiger partial charge in [0.05, 0.1) is 17.3 Å². The molecule has 0 spiro atoms. The smallest absolute Gasteiger partial charge is 0.229 e. The second kappa shape index (κ2) is 6.48. The van der Waals surface area contributed by atoms with E-state index in [1.54, 1.807) is 0 Å². The van der Waals surface area contributed by atoms with Crippen LogP contribution in [0.4, 0.5) is 11.4 Å². The van der Waals surface area contributed by atoms with Crippen LogP contribution in [-0.2, 0) is 4.79 Å². The standard InChI is InChI=1S/C17H25N3O/c1-13-11-18-12-14(13)17(21)19-15-7-3-4-8-16(15)20-9-5-2-6-10-20/h3-4,7-8,13-14,18H,2,5-6,9-12H2,1H3,(H,19,21). The van der Waals surface area contributed by atoms with Crippen LogP contribution >= 0.6 is 0 Å². The number of benzene rings is 1. The van der Waals surface area contributed by atoms with Gasteiger partial charge < -0.3 is 15.5 Å². The molecule has 0 saturated carbocycles. The Bertz CT molecular complexity index is 497. The summed E-state index contributed by atoms with van der Waals surface area (Å²) in [6.07, 6.45) is 3.80. The van der Waals surface area contributed by atoms with Crippen LogP contribution in [0, 0.1) is 11.8 Å². The van der Waals surface area contributed by atoms with Gasteiger partial charge in [-0.15, -0.1) is 0 Å². The zero-order chi connectivity index (χ0) is 14.7. The van der Waals surface area contributed by atoms with E-state index >= 15 is 0 Å². The molecule has 2 unspecified atom stereocenters. The van der Waals surface area contributed by atoms with Crippen molar-refractivity contribution in [1.29, 1.82) is 0 Å². The van der Waals surface area contributed by atoms with Crippen LogP contribution in [0.3, 0.4) is 0 Å². The first-order valence-corrected chi connectivity index (χ1v) is 8.11. The van der Waals surface area contributed by atoms with Gasteiger partial charge in [-0.1, -0.05) is 19.1 Å². The lowest BCUT2D eigenvalue weighted by molar-refractivity contribution is -0.120. The average molecular weight is 287 g/mol. The average Bonchev–Trinajstić information content (AvgIpc) is 2.95. The van der Waals surface area contributed by atoms with Crippen LogP contribution in [-0.4, -0.2) is 32.1 Å². The van der Waals surface area contributed by atoms with Gasteiger partial charge in [0.2, 0.25) is 5.91 Å². The Morgan fingerprint density at radius 3 is 2.67 bits per heavy atom. The van der Waals surface area contributed by atoms with Gasteiger partial charge in [0, 0.05) is 19.6 Å². The van der Waals surface area contributed by atoms with E-state index < -0.39 is 0 Å². The molecule has 1 aromatic rings. The van der Waals surface area contributed by atoms with Crippen LogP contribution in [0.5, 0.6) is 0 Å². The molecule has 114 valence electrons. The molecule has 2 aliphatic heterocycles. The third-order valence-electron chi connectivity index (χ3n) is 4.71. The highest BCUT2D eigenvalue weighted by atomic mass is 16.2. The first-order valence-electron chi connectivity index (χ1n) is 8.11. The molecule has 2 saturated heterocycles. The minimum atomic E-state index is 0.0828. The van der Waals surface area contributed by atoms with Gasteiger partial charge in [0.15, 0.2) is 0 Å². The van der Waals surface area contributed by atoms with E-state index in [0.717, 1.165) is 31.9 Å². The van der Waals surface area contributed by atoms with Gasteiger partial charge in [0.1, 0.15) is 0 Å². The molecular weight excluding hydrogens is 262 g/mol. The molecule has 0 aromatic heterocycles. The summed E-state index contributed by atoms with van der Waals surface area (Å²) in [5, 5.41) is 6.46. The van der Waals surface area contributed by atoms with Crippen LogP contribution in [0.2, 0.25) is 0 Å². The summed E-state index contributed by atoms with van der Waals surface area (Å²) in [4.78, 5) is 14.9. The molecule has 1 amide bonds. The SMILES string of the molecule is CC1CNCC1C(=O)Nc1ccccc1N1CCCCC1. The number of amides is 1. The number of nitrogens with one attached hydrogen (secondary N) is 2. The lowest BCUT2D eigenvalue weighted by atomic mass is 9.97. The molecule has 0 bridgehead atoms. The number of nitrogens with zero attached hydrogens (tertiary/aromatic N) is 1. The fraction of sp³-hybridized carbons (Fsp3) is 0.588. The Kier molecular flexibility index (Phi) is 4.44. The normalized spacial score (nSPS) is 25.9. The van der Waals surface area contributed by atoms with E-state index in [1.165, 1.54) is 24.9 Å². The Labute approximate surface area is 126 Å². The lowest BCUT2D eigenvalue weighted by Crippen LogP contribution is -2.32. The summed E-state index contributed by atoms with van der Waals surface area (Å²) in [6, 6.07) is 8.20. The highest BCUT2D eigenvalue weighted by molar-refractivity contribution is 5.96. The van der Waals surface area contributed by atoms with E-state index in [4.69, 9.17) is 0 Å². The fourth-order valence-corrected chi connectivity index (χ4v) is 3.38. The Morgan fingerprint density at radius 1 is 1.19 bits per heavy atom. The summed E-state index contributed by atoms with van der Waals surface area (Å²) in [5.41, 5.74) is 2.13. The molecule has 3 rings (SSSR count). The van der Waals surface area contributed by atoms with Gasteiger partial charge in [-0.3, -0.25) is 4.79 Å². The number of hydrogen-bond acceptors (Lipinski definition) is 3. The zero-order valence-corrected chi connectivity index (χ0v) is 12.8. The van der Waals surface area contributed by atoms with Crippen molar-refractivity contribution in [3.05, 3.63) is 24.3 Å². The third kappa shape index (κ3) is 3.21. The van der Waals surface area contributed by atoms with Crippen LogP contribution in [0.25, 0.3) is 0 Å². The Morgan fingerprint density at radius 2 is 1.95 bits per heavy atom. The maximum atomic E-state index is 12.5. The summed E-state index contributed by atoms with van der Waals surface area (Å²) in [5.74, 6) is 0.642. The number of carbonyl (C=O) groups is 1. The molecule has 2 heterocycles. The minimum Gasteiger partial charge on any atom is -0.370 e. The van der Waals surface area contributed by atoms with Crippen molar-refractivity contribution in [3.63, 3.8) is 0 Å². The van der Waals surface area contributed by atoms with Gasteiger partial charge in [-0.05, 0) is 43.9 Å². The van der Waals surface area contributed by atoms with E-state index in [-0.39, 0.29) is 11.8 Å². The highest BCUT2D eigenvalue weighted by Crippen LogP contribution is 2.29. The van der Waals surface area contributed by atoms with Crippen molar-refractivity contribution in [2.45, 2.75) is 26.2 Å². The molecule has 0 radical (unpaired) electrons. The monoisotopic (exact) mass is 287 g/mol. The number of para-hydroxylation sites is 2. The predicted octanol–water partition coefficient (Wildman–Crippen LogP) is 2.47. The molecule has 4 heteroatoms. The number of hydrogen-bond donors (Lipinski definition) is 2. The Balaban J connectivity index is 1.74. The largest absolute Gasteiger partial charge is 0.370 e. The van der Waals surface area contributed by atoms with Crippen molar-refractivity contribution >= 4 is 17.3 Å². The molecule has 2 fully saturated rings. The van der Waals surface area contributed by atoms with Crippen LogP contribution in [0.1, 0.15) is 26.2 Å². The zero-order valence-electron chi connectivity index (χ0n) is 12.8. The second-order valence-electron chi connectivity index (χ2n) is 6.30. The van der Waals surface area contributed by atoms with Crippen LogP contribution < -0.4 is 15.5 Å². The molecule has 21 heavy (non-hydrogen) atoms. The number of anilines is 2. The summed E-state index contributed by atoms with van der Waals surface area (Å²) in [6.45, 7) is 6.05. The third-order valence-corrected chi connectivity index (χ3v) is 4.71. The van der Waals surface area contributed by atoms with E-state index in [2.05, 4.69) is 34.6 Å². The molecule has 1 aromatic carbocycles. The van der Waals surface area contributed by atoms with Gasteiger partial charge in [-0.2, -0.15) is 0 Å².